The lowest BCUT2D eigenvalue weighted by Crippen LogP contribution is -2.29. The third kappa shape index (κ3) is 3.31. The van der Waals surface area contributed by atoms with Crippen molar-refractivity contribution in [2.45, 2.75) is 25.7 Å². The maximum atomic E-state index is 13.1. The lowest BCUT2D eigenvalue weighted by molar-refractivity contribution is -0.137. The molecule has 166 valence electrons. The Balaban J connectivity index is 1.51. The summed E-state index contributed by atoms with van der Waals surface area (Å²) in [6.45, 7) is 2.61. The van der Waals surface area contributed by atoms with Crippen molar-refractivity contribution in [1.82, 2.24) is 19.1 Å². The topological polar surface area (TPSA) is 79.7 Å². The number of nitrogens with zero attached hydrogens (tertiary/aromatic N) is 3. The molecule has 0 spiro atoms. The highest BCUT2D eigenvalue weighted by Crippen LogP contribution is 2.35. The molecule has 1 aromatic carbocycles. The number of aromatic amines is 1. The molecule has 0 amide bonds. The molecular formula is C22H21F3N6O. The molecule has 1 unspecified atom stereocenters. The first-order valence-electron chi connectivity index (χ1n) is 10.1. The summed E-state index contributed by atoms with van der Waals surface area (Å²) < 4.78 is 42.8. The maximum Gasteiger partial charge on any atom is 0.416 e. The predicted octanol–water partition coefficient (Wildman–Crippen LogP) is 4.02. The highest BCUT2D eigenvalue weighted by Gasteiger charge is 2.31. The summed E-state index contributed by atoms with van der Waals surface area (Å²) in [5, 5.41) is 7.63. The summed E-state index contributed by atoms with van der Waals surface area (Å²) in [6, 6.07) is 7.02. The monoisotopic (exact) mass is 442 g/mol. The summed E-state index contributed by atoms with van der Waals surface area (Å²) in [4.78, 5) is 19.9. The van der Waals surface area contributed by atoms with E-state index in [1.54, 1.807) is 19.3 Å². The van der Waals surface area contributed by atoms with Crippen LogP contribution in [0.4, 0.5) is 24.8 Å². The second kappa shape index (κ2) is 7.18. The lowest BCUT2D eigenvalue weighted by atomic mass is 10.0. The van der Waals surface area contributed by atoms with Crippen LogP contribution in [0.2, 0.25) is 0 Å². The van der Waals surface area contributed by atoms with E-state index in [0.717, 1.165) is 23.1 Å². The number of aromatic nitrogens is 4. The van der Waals surface area contributed by atoms with E-state index in [1.165, 1.54) is 10.6 Å². The van der Waals surface area contributed by atoms with Crippen molar-refractivity contribution in [1.29, 1.82) is 0 Å². The second-order valence-corrected chi connectivity index (χ2v) is 7.99. The molecular weight excluding hydrogens is 421 g/mol. The number of alkyl halides is 3. The second-order valence-electron chi connectivity index (χ2n) is 7.99. The van der Waals surface area contributed by atoms with Gasteiger partial charge in [0.15, 0.2) is 11.6 Å². The molecule has 0 fully saturated rings. The smallest absolute Gasteiger partial charge is 0.365 e. The van der Waals surface area contributed by atoms with E-state index < -0.39 is 11.7 Å². The molecule has 1 aliphatic heterocycles. The van der Waals surface area contributed by atoms with Gasteiger partial charge in [-0.05, 0) is 30.7 Å². The Hall–Kier alpha value is -3.69. The third-order valence-corrected chi connectivity index (χ3v) is 5.84. The van der Waals surface area contributed by atoms with E-state index >= 15 is 0 Å². The number of anilines is 2. The number of benzene rings is 1. The number of H-pyrrole nitrogens is 1. The Kier molecular flexibility index (Phi) is 4.54. The first kappa shape index (κ1) is 20.2. The van der Waals surface area contributed by atoms with Gasteiger partial charge in [0, 0.05) is 36.9 Å². The number of nitrogens with one attached hydrogen (secondary N) is 3. The summed E-state index contributed by atoms with van der Waals surface area (Å²) in [7, 11) is 1.70. The van der Waals surface area contributed by atoms with Gasteiger partial charge < -0.3 is 24.8 Å². The zero-order chi connectivity index (χ0) is 22.6. The standard InChI is InChI=1S/C22H21F3N6O/c1-12-28-19-20(31(12)10-13-4-3-5-14(8-13)22(23,24)25)29-17(9-27-19)16-11-30(2)21(32)18-15(16)6-7-26-18/h3-8,11,17,26-27,29H,9-10H2,1-2H3. The van der Waals surface area contributed by atoms with Gasteiger partial charge in [-0.1, -0.05) is 12.1 Å². The van der Waals surface area contributed by atoms with Crippen molar-refractivity contribution in [3.05, 3.63) is 75.6 Å². The van der Waals surface area contributed by atoms with Crippen molar-refractivity contribution in [2.75, 3.05) is 17.2 Å². The lowest BCUT2D eigenvalue weighted by Gasteiger charge is -2.28. The van der Waals surface area contributed by atoms with Gasteiger partial charge in [-0.3, -0.25) is 4.79 Å². The Morgan fingerprint density at radius 1 is 1.25 bits per heavy atom. The minimum absolute atomic E-state index is 0.108. The van der Waals surface area contributed by atoms with Crippen LogP contribution in [0.25, 0.3) is 10.9 Å². The number of imidazole rings is 1. The van der Waals surface area contributed by atoms with Gasteiger partial charge in [0.05, 0.1) is 18.2 Å². The number of hydrogen-bond acceptors (Lipinski definition) is 4. The SMILES string of the molecule is Cc1nc2c(n1Cc1cccc(C(F)(F)F)c1)NC(c1cn(C)c(=O)c3[nH]ccc13)CN2. The van der Waals surface area contributed by atoms with E-state index in [2.05, 4.69) is 20.6 Å². The average Bonchev–Trinajstić information content (AvgIpc) is 3.35. The van der Waals surface area contributed by atoms with Crippen LogP contribution in [0.5, 0.6) is 0 Å². The fraction of sp³-hybridized carbons (Fsp3) is 0.273. The van der Waals surface area contributed by atoms with Crippen LogP contribution in [0, 0.1) is 6.92 Å². The van der Waals surface area contributed by atoms with Crippen LogP contribution in [0.1, 0.15) is 28.6 Å². The normalized spacial score (nSPS) is 16.0. The Bertz CT molecular complexity index is 1380. The molecule has 4 heterocycles. The van der Waals surface area contributed by atoms with Crippen LogP contribution in [0.15, 0.2) is 47.5 Å². The van der Waals surface area contributed by atoms with Gasteiger partial charge in [0.1, 0.15) is 11.3 Å². The van der Waals surface area contributed by atoms with Gasteiger partial charge in [0.25, 0.3) is 5.56 Å². The number of rotatable bonds is 3. The van der Waals surface area contributed by atoms with Gasteiger partial charge in [0.2, 0.25) is 0 Å². The van der Waals surface area contributed by atoms with E-state index in [-0.39, 0.29) is 18.1 Å². The average molecular weight is 442 g/mol. The zero-order valence-corrected chi connectivity index (χ0v) is 17.4. The maximum absolute atomic E-state index is 13.1. The van der Waals surface area contributed by atoms with Crippen LogP contribution in [-0.2, 0) is 19.8 Å². The molecule has 4 aromatic rings. The van der Waals surface area contributed by atoms with E-state index in [9.17, 15) is 18.0 Å². The molecule has 7 nitrogen and oxygen atoms in total. The fourth-order valence-electron chi connectivity index (χ4n) is 4.24. The van der Waals surface area contributed by atoms with Crippen molar-refractivity contribution in [3.8, 4) is 0 Å². The minimum Gasteiger partial charge on any atom is -0.365 e. The number of hydrogen-bond donors (Lipinski definition) is 3. The quantitative estimate of drug-likeness (QED) is 0.448. The number of aryl methyl sites for hydroxylation is 2. The van der Waals surface area contributed by atoms with E-state index in [4.69, 9.17) is 0 Å². The van der Waals surface area contributed by atoms with E-state index in [0.29, 0.717) is 35.1 Å². The van der Waals surface area contributed by atoms with Gasteiger partial charge in [-0.15, -0.1) is 0 Å². The molecule has 0 bridgehead atoms. The van der Waals surface area contributed by atoms with Crippen LogP contribution >= 0.6 is 0 Å². The highest BCUT2D eigenvalue weighted by atomic mass is 19.4. The molecule has 0 aliphatic carbocycles. The first-order chi connectivity index (χ1) is 15.2. The first-order valence-corrected chi connectivity index (χ1v) is 10.1. The Labute approximate surface area is 180 Å². The summed E-state index contributed by atoms with van der Waals surface area (Å²) in [5.41, 5.74) is 1.22. The fourth-order valence-corrected chi connectivity index (χ4v) is 4.24. The molecule has 1 aliphatic rings. The zero-order valence-electron chi connectivity index (χ0n) is 17.4. The molecule has 5 rings (SSSR count). The minimum atomic E-state index is -4.39. The summed E-state index contributed by atoms with van der Waals surface area (Å²) >= 11 is 0. The summed E-state index contributed by atoms with van der Waals surface area (Å²) in [5.74, 6) is 2.04. The van der Waals surface area contributed by atoms with E-state index in [1.807, 2.05) is 23.8 Å². The molecule has 10 heteroatoms. The van der Waals surface area contributed by atoms with Gasteiger partial charge >= 0.3 is 6.18 Å². The van der Waals surface area contributed by atoms with Crippen LogP contribution < -0.4 is 16.2 Å². The molecule has 1 atom stereocenters. The molecule has 32 heavy (non-hydrogen) atoms. The highest BCUT2D eigenvalue weighted by molar-refractivity contribution is 5.83. The third-order valence-electron chi connectivity index (χ3n) is 5.84. The number of halogens is 3. The molecule has 3 N–H and O–H groups in total. The van der Waals surface area contributed by atoms with Crippen molar-refractivity contribution >= 4 is 22.5 Å². The largest absolute Gasteiger partial charge is 0.416 e. The molecule has 0 saturated carbocycles. The van der Waals surface area contributed by atoms with Crippen molar-refractivity contribution < 1.29 is 13.2 Å². The predicted molar refractivity (Wildman–Crippen MR) is 116 cm³/mol. The van der Waals surface area contributed by atoms with Crippen LogP contribution in [0.3, 0.4) is 0 Å². The number of pyridine rings is 1. The van der Waals surface area contributed by atoms with Gasteiger partial charge in [-0.25, -0.2) is 4.98 Å². The van der Waals surface area contributed by atoms with Gasteiger partial charge in [-0.2, -0.15) is 13.2 Å². The Morgan fingerprint density at radius 2 is 2.06 bits per heavy atom. The molecule has 0 saturated heterocycles. The summed E-state index contributed by atoms with van der Waals surface area (Å²) in [6.07, 6.45) is -0.849. The molecule has 3 aromatic heterocycles. The van der Waals surface area contributed by atoms with Crippen LogP contribution in [-0.4, -0.2) is 25.6 Å². The van der Waals surface area contributed by atoms with Crippen molar-refractivity contribution in [3.63, 3.8) is 0 Å². The Morgan fingerprint density at radius 3 is 2.84 bits per heavy atom. The number of fused-ring (bicyclic) bond motifs is 2. The van der Waals surface area contributed by atoms with Crippen molar-refractivity contribution in [2.24, 2.45) is 7.05 Å². The molecule has 0 radical (unpaired) electrons.